The van der Waals surface area contributed by atoms with Crippen LogP contribution in [-0.2, 0) is 36.6 Å². The largest absolute Gasteiger partial charge is 0.455 e. The zero-order valence-corrected chi connectivity index (χ0v) is 27.8. The van der Waals surface area contributed by atoms with Crippen molar-refractivity contribution in [2.75, 3.05) is 45.6 Å². The molecule has 0 spiro atoms. The van der Waals surface area contributed by atoms with Crippen LogP contribution in [0.25, 0.3) is 22.3 Å². The minimum absolute atomic E-state index is 0.0910. The van der Waals surface area contributed by atoms with Gasteiger partial charge in [-0.1, -0.05) is 12.1 Å². The molecule has 0 aliphatic heterocycles. The van der Waals surface area contributed by atoms with E-state index in [4.69, 9.17) is 18.6 Å². The lowest BCUT2D eigenvalue weighted by Crippen LogP contribution is -2.29. The van der Waals surface area contributed by atoms with E-state index < -0.39 is 15.8 Å². The number of amides is 1. The topological polar surface area (TPSA) is 133 Å². The van der Waals surface area contributed by atoms with E-state index in [0.717, 1.165) is 24.0 Å². The molecule has 4 aromatic rings. The van der Waals surface area contributed by atoms with Gasteiger partial charge in [-0.2, -0.15) is 0 Å². The molecule has 1 aromatic heterocycles. The molecule has 5 rings (SSSR count). The molecule has 13 heteroatoms. The average Bonchev–Trinajstić information content (AvgIpc) is 3.85. The molecule has 1 amide bonds. The van der Waals surface area contributed by atoms with Crippen LogP contribution >= 0.6 is 11.8 Å². The minimum Gasteiger partial charge on any atom is -0.455 e. The van der Waals surface area contributed by atoms with Crippen LogP contribution in [0.3, 0.4) is 0 Å². The smallest absolute Gasteiger partial charge is 0.338 e. The first-order chi connectivity index (χ1) is 22.7. The molecular formula is C34H37FN2O8S2. The fourth-order valence-corrected chi connectivity index (χ4v) is 6.50. The summed E-state index contributed by atoms with van der Waals surface area (Å²) >= 11 is 1.43. The van der Waals surface area contributed by atoms with Gasteiger partial charge in [0.1, 0.15) is 23.1 Å². The van der Waals surface area contributed by atoms with Crippen molar-refractivity contribution in [2.45, 2.75) is 31.1 Å². The van der Waals surface area contributed by atoms with Crippen molar-refractivity contribution in [3.05, 3.63) is 94.3 Å². The van der Waals surface area contributed by atoms with Gasteiger partial charge in [0.2, 0.25) is 10.0 Å². The monoisotopic (exact) mass is 684 g/mol. The van der Waals surface area contributed by atoms with Gasteiger partial charge in [-0.3, -0.25) is 4.79 Å². The standard InChI is InChI=1S/C34H37FN2O8S2/c1-36-33(38)31-29-18-28(23-7-8-23)26(17-30(29)45-32(31)24-9-11-27(35)12-10-24)20-47(40,41)37-13-14-42-15-16-43-19-22-3-5-25(6-4-22)34(39)44-21-46-2/h3-6,9-12,17-18,23,37H,7-8,13-16,19-21H2,1-2H3,(H,36,38). The molecular weight excluding hydrogens is 648 g/mol. The molecule has 10 nitrogen and oxygen atoms in total. The molecule has 0 bridgehead atoms. The lowest BCUT2D eigenvalue weighted by molar-refractivity contribution is 0.0426. The van der Waals surface area contributed by atoms with Crippen molar-refractivity contribution in [3.63, 3.8) is 0 Å². The highest BCUT2D eigenvalue weighted by atomic mass is 32.2. The molecule has 0 saturated heterocycles. The predicted molar refractivity (Wildman–Crippen MR) is 178 cm³/mol. The number of sulfonamides is 1. The molecule has 1 aliphatic carbocycles. The molecule has 0 radical (unpaired) electrons. The second-order valence-electron chi connectivity index (χ2n) is 11.1. The maximum Gasteiger partial charge on any atom is 0.338 e. The van der Waals surface area contributed by atoms with E-state index in [1.165, 1.54) is 43.1 Å². The molecule has 1 fully saturated rings. The Morgan fingerprint density at radius 3 is 2.40 bits per heavy atom. The highest BCUT2D eigenvalue weighted by molar-refractivity contribution is 7.98. The van der Waals surface area contributed by atoms with Crippen molar-refractivity contribution >= 4 is 44.6 Å². The van der Waals surface area contributed by atoms with Gasteiger partial charge < -0.3 is 23.9 Å². The number of nitrogens with one attached hydrogen (secondary N) is 2. The number of ether oxygens (including phenoxy) is 3. The van der Waals surface area contributed by atoms with Crippen LogP contribution in [0.15, 0.2) is 65.1 Å². The van der Waals surface area contributed by atoms with E-state index in [0.29, 0.717) is 58.1 Å². The van der Waals surface area contributed by atoms with E-state index in [9.17, 15) is 22.4 Å². The number of thioether (sulfide) groups is 1. The van der Waals surface area contributed by atoms with Crippen LogP contribution in [-0.4, -0.2) is 65.9 Å². The Morgan fingerprint density at radius 1 is 1.00 bits per heavy atom. The molecule has 1 aliphatic rings. The van der Waals surface area contributed by atoms with Crippen molar-refractivity contribution in [1.29, 1.82) is 0 Å². The van der Waals surface area contributed by atoms with Crippen LogP contribution in [0.5, 0.6) is 0 Å². The number of rotatable bonds is 17. The summed E-state index contributed by atoms with van der Waals surface area (Å²) in [7, 11) is -2.19. The molecule has 0 atom stereocenters. The van der Waals surface area contributed by atoms with Gasteiger partial charge in [-0.15, -0.1) is 11.8 Å². The summed E-state index contributed by atoms with van der Waals surface area (Å²) in [6.45, 7) is 1.20. The van der Waals surface area contributed by atoms with Crippen molar-refractivity contribution in [3.8, 4) is 11.3 Å². The van der Waals surface area contributed by atoms with Gasteiger partial charge >= 0.3 is 5.97 Å². The fourth-order valence-electron chi connectivity index (χ4n) is 5.12. The van der Waals surface area contributed by atoms with Crippen molar-refractivity contribution < 1.29 is 41.0 Å². The Balaban J connectivity index is 1.14. The van der Waals surface area contributed by atoms with Gasteiger partial charge in [-0.05, 0) is 90.2 Å². The van der Waals surface area contributed by atoms with Crippen LogP contribution in [0.4, 0.5) is 4.39 Å². The quantitative estimate of drug-likeness (QED) is 0.0828. The van der Waals surface area contributed by atoms with Gasteiger partial charge in [0.05, 0.1) is 43.3 Å². The van der Waals surface area contributed by atoms with Crippen molar-refractivity contribution in [2.24, 2.45) is 0 Å². The summed E-state index contributed by atoms with van der Waals surface area (Å²) in [6, 6.07) is 16.2. The van der Waals surface area contributed by atoms with E-state index in [2.05, 4.69) is 10.0 Å². The Bertz CT molecular complexity index is 1800. The summed E-state index contributed by atoms with van der Waals surface area (Å²) in [6.07, 6.45) is 3.71. The molecule has 2 N–H and O–H groups in total. The van der Waals surface area contributed by atoms with Gasteiger partial charge in [0, 0.05) is 24.5 Å². The first-order valence-corrected chi connectivity index (χ1v) is 18.2. The van der Waals surface area contributed by atoms with E-state index >= 15 is 0 Å². The first kappa shape index (κ1) is 34.6. The van der Waals surface area contributed by atoms with Gasteiger partial charge in [0.15, 0.2) is 0 Å². The molecule has 1 saturated carbocycles. The summed E-state index contributed by atoms with van der Waals surface area (Å²) in [4.78, 5) is 24.8. The van der Waals surface area contributed by atoms with Gasteiger partial charge in [0.25, 0.3) is 5.91 Å². The number of furan rings is 1. The Hall–Kier alpha value is -3.75. The third kappa shape index (κ3) is 9.20. The molecule has 250 valence electrons. The Labute approximate surface area is 277 Å². The SMILES string of the molecule is CNC(=O)c1c(-c2ccc(F)cc2)oc2cc(CS(=O)(=O)NCCOCCOCc3ccc(C(=O)OCSC)cc3)c(C3CC3)cc12. The zero-order chi connectivity index (χ0) is 33.4. The normalized spacial score (nSPS) is 13.2. The van der Waals surface area contributed by atoms with Crippen LogP contribution in [0.1, 0.15) is 56.2 Å². The number of carbonyl (C=O) groups is 2. The third-order valence-electron chi connectivity index (χ3n) is 7.58. The summed E-state index contributed by atoms with van der Waals surface area (Å²) in [5.41, 5.74) is 4.10. The minimum atomic E-state index is -3.72. The van der Waals surface area contributed by atoms with E-state index in [-0.39, 0.29) is 43.3 Å². The molecule has 47 heavy (non-hydrogen) atoms. The van der Waals surface area contributed by atoms with Gasteiger partial charge in [-0.25, -0.2) is 22.3 Å². The molecule has 1 heterocycles. The van der Waals surface area contributed by atoms with Crippen LogP contribution < -0.4 is 10.0 Å². The Kier molecular flexibility index (Phi) is 11.7. The highest BCUT2D eigenvalue weighted by Crippen LogP contribution is 2.45. The number of hydrogen-bond acceptors (Lipinski definition) is 9. The highest BCUT2D eigenvalue weighted by Gasteiger charge is 2.31. The molecule has 3 aromatic carbocycles. The summed E-state index contributed by atoms with van der Waals surface area (Å²) < 4.78 is 64.7. The average molecular weight is 685 g/mol. The number of fused-ring (bicyclic) bond motifs is 1. The third-order valence-corrected chi connectivity index (χ3v) is 9.27. The van der Waals surface area contributed by atoms with Crippen LogP contribution in [0, 0.1) is 5.82 Å². The number of hydrogen-bond donors (Lipinski definition) is 2. The van der Waals surface area contributed by atoms with E-state index in [1.807, 2.05) is 12.3 Å². The number of esters is 1. The fraction of sp³-hybridized carbons (Fsp3) is 0.353. The number of halogens is 1. The maximum absolute atomic E-state index is 13.6. The van der Waals surface area contributed by atoms with Crippen molar-refractivity contribution in [1.82, 2.24) is 10.0 Å². The number of benzene rings is 3. The summed E-state index contributed by atoms with van der Waals surface area (Å²) in [5.74, 6) is -0.585. The first-order valence-electron chi connectivity index (χ1n) is 15.1. The second kappa shape index (κ2) is 15.9. The summed E-state index contributed by atoms with van der Waals surface area (Å²) in [5, 5.41) is 3.23. The number of carbonyl (C=O) groups excluding carboxylic acids is 2. The maximum atomic E-state index is 13.6. The zero-order valence-electron chi connectivity index (χ0n) is 26.2. The second-order valence-corrected chi connectivity index (χ2v) is 13.7. The molecule has 0 unspecified atom stereocenters. The van der Waals surface area contributed by atoms with E-state index in [1.54, 1.807) is 30.3 Å². The lowest BCUT2D eigenvalue weighted by atomic mass is 9.98. The van der Waals surface area contributed by atoms with Crippen LogP contribution in [0.2, 0.25) is 0 Å². The Morgan fingerprint density at radius 2 is 1.72 bits per heavy atom. The lowest BCUT2D eigenvalue weighted by Gasteiger charge is -2.12. The predicted octanol–water partition coefficient (Wildman–Crippen LogP) is 5.61.